The first-order chi connectivity index (χ1) is 6.33. The highest BCUT2D eigenvalue weighted by atomic mass is 32.2. The van der Waals surface area contributed by atoms with E-state index >= 15 is 0 Å². The smallest absolute Gasteiger partial charge is 0.169 e. The summed E-state index contributed by atoms with van der Waals surface area (Å²) < 4.78 is 18.3. The molecule has 0 aliphatic carbocycles. The Hall–Kier alpha value is -0.960. The van der Waals surface area contributed by atoms with Crippen molar-refractivity contribution >= 4 is 22.7 Å². The third-order valence-corrected chi connectivity index (χ3v) is 2.53. The van der Waals surface area contributed by atoms with Gasteiger partial charge in [-0.2, -0.15) is 11.8 Å². The Morgan fingerprint density at radius 1 is 1.46 bits per heavy atom. The molecule has 1 heterocycles. The molecule has 1 aromatic heterocycles. The van der Waals surface area contributed by atoms with Crippen LogP contribution in [0, 0.1) is 5.82 Å². The summed E-state index contributed by atoms with van der Waals surface area (Å²) in [7, 11) is 0. The first-order valence-electron chi connectivity index (χ1n) is 3.96. The Kier molecular flexibility index (Phi) is 2.27. The molecule has 1 aromatic carbocycles. The van der Waals surface area contributed by atoms with Gasteiger partial charge in [-0.3, -0.25) is 0 Å². The van der Waals surface area contributed by atoms with Crippen molar-refractivity contribution in [3.63, 3.8) is 0 Å². The van der Waals surface area contributed by atoms with Crippen LogP contribution < -0.4 is 0 Å². The zero-order valence-corrected chi connectivity index (χ0v) is 8.03. The number of halogens is 1. The largest absolute Gasteiger partial charge is 0.461 e. The van der Waals surface area contributed by atoms with Crippen LogP contribution in [0.4, 0.5) is 4.39 Å². The van der Waals surface area contributed by atoms with E-state index in [0.717, 1.165) is 16.7 Å². The number of thioether (sulfide) groups is 1. The van der Waals surface area contributed by atoms with E-state index in [9.17, 15) is 4.39 Å². The summed E-state index contributed by atoms with van der Waals surface area (Å²) in [5.74, 6) is 0.570. The number of hydrogen-bond acceptors (Lipinski definition) is 2. The number of para-hydroxylation sites is 1. The second-order valence-electron chi connectivity index (χ2n) is 2.81. The molecule has 0 saturated carbocycles. The van der Waals surface area contributed by atoms with E-state index in [2.05, 4.69) is 0 Å². The number of furan rings is 1. The van der Waals surface area contributed by atoms with Gasteiger partial charge in [0, 0.05) is 16.7 Å². The van der Waals surface area contributed by atoms with Crippen molar-refractivity contribution in [3.8, 4) is 0 Å². The van der Waals surface area contributed by atoms with Gasteiger partial charge in [-0.25, -0.2) is 4.39 Å². The third kappa shape index (κ3) is 1.44. The van der Waals surface area contributed by atoms with Crippen LogP contribution in [-0.2, 0) is 5.75 Å². The normalized spacial score (nSPS) is 10.9. The Morgan fingerprint density at radius 3 is 3.08 bits per heavy atom. The summed E-state index contributed by atoms with van der Waals surface area (Å²) in [6.45, 7) is 0. The molecule has 0 amide bonds. The summed E-state index contributed by atoms with van der Waals surface area (Å²) in [4.78, 5) is 0. The molecule has 0 N–H and O–H groups in total. The van der Waals surface area contributed by atoms with Gasteiger partial charge in [0.05, 0.1) is 6.26 Å². The monoisotopic (exact) mass is 196 g/mol. The standard InChI is InChI=1S/C10H9FOS/c1-13-6-7-5-12-10-8(7)3-2-4-9(10)11/h2-5H,6H2,1H3. The Balaban J connectivity index is 2.61. The first-order valence-corrected chi connectivity index (χ1v) is 5.36. The Bertz CT molecular complexity index is 422. The number of hydrogen-bond donors (Lipinski definition) is 0. The van der Waals surface area contributed by atoms with Gasteiger partial charge in [0.25, 0.3) is 0 Å². The molecule has 0 radical (unpaired) electrons. The van der Waals surface area contributed by atoms with Crippen molar-refractivity contribution < 1.29 is 8.81 Å². The van der Waals surface area contributed by atoms with Crippen molar-refractivity contribution in [1.29, 1.82) is 0 Å². The molecule has 1 nitrogen and oxygen atoms in total. The van der Waals surface area contributed by atoms with E-state index in [0.29, 0.717) is 5.58 Å². The molecule has 13 heavy (non-hydrogen) atoms. The predicted molar refractivity (Wildman–Crippen MR) is 53.4 cm³/mol. The van der Waals surface area contributed by atoms with Crippen LogP contribution >= 0.6 is 11.8 Å². The molecule has 3 heteroatoms. The van der Waals surface area contributed by atoms with Crippen LogP contribution in [0.1, 0.15) is 5.56 Å². The molecule has 0 atom stereocenters. The van der Waals surface area contributed by atoms with Crippen LogP contribution in [0.25, 0.3) is 11.0 Å². The summed E-state index contributed by atoms with van der Waals surface area (Å²) in [6, 6.07) is 5.00. The van der Waals surface area contributed by atoms with Gasteiger partial charge in [0.2, 0.25) is 0 Å². The average molecular weight is 196 g/mol. The van der Waals surface area contributed by atoms with Gasteiger partial charge < -0.3 is 4.42 Å². The van der Waals surface area contributed by atoms with Crippen LogP contribution in [0.2, 0.25) is 0 Å². The summed E-state index contributed by atoms with van der Waals surface area (Å²) in [5, 5.41) is 0.884. The highest BCUT2D eigenvalue weighted by molar-refractivity contribution is 7.97. The van der Waals surface area contributed by atoms with E-state index in [4.69, 9.17) is 4.42 Å². The van der Waals surface area contributed by atoms with Gasteiger partial charge in [-0.1, -0.05) is 12.1 Å². The highest BCUT2D eigenvalue weighted by Gasteiger charge is 2.08. The molecule has 0 aliphatic rings. The van der Waals surface area contributed by atoms with E-state index in [-0.39, 0.29) is 5.82 Å². The van der Waals surface area contributed by atoms with Gasteiger partial charge >= 0.3 is 0 Å². The Labute approximate surface area is 79.9 Å². The van der Waals surface area contributed by atoms with Crippen molar-refractivity contribution in [3.05, 3.63) is 35.8 Å². The second-order valence-corrected chi connectivity index (χ2v) is 3.68. The fourth-order valence-corrected chi connectivity index (χ4v) is 1.88. The number of fused-ring (bicyclic) bond motifs is 1. The van der Waals surface area contributed by atoms with Crippen molar-refractivity contribution in [2.75, 3.05) is 6.26 Å². The molecule has 0 aliphatic heterocycles. The fraction of sp³-hybridized carbons (Fsp3) is 0.200. The lowest BCUT2D eigenvalue weighted by Crippen LogP contribution is -1.77. The van der Waals surface area contributed by atoms with Crippen molar-refractivity contribution in [2.24, 2.45) is 0 Å². The minimum atomic E-state index is -0.287. The number of rotatable bonds is 2. The predicted octanol–water partition coefficient (Wildman–Crippen LogP) is 3.43. The zero-order chi connectivity index (χ0) is 9.26. The SMILES string of the molecule is CSCc1coc2c(F)cccc12. The first kappa shape index (κ1) is 8.63. The van der Waals surface area contributed by atoms with Crippen LogP contribution in [0.15, 0.2) is 28.9 Å². The van der Waals surface area contributed by atoms with Crippen LogP contribution in [-0.4, -0.2) is 6.26 Å². The molecule has 0 spiro atoms. The maximum absolute atomic E-state index is 13.1. The second kappa shape index (κ2) is 3.42. The minimum absolute atomic E-state index is 0.287. The fourth-order valence-electron chi connectivity index (χ4n) is 1.34. The molecule has 68 valence electrons. The lowest BCUT2D eigenvalue weighted by atomic mass is 10.2. The topological polar surface area (TPSA) is 13.1 Å². The van der Waals surface area contributed by atoms with E-state index < -0.39 is 0 Å². The van der Waals surface area contributed by atoms with Gasteiger partial charge in [0.1, 0.15) is 0 Å². The summed E-state index contributed by atoms with van der Waals surface area (Å²) >= 11 is 1.70. The summed E-state index contributed by atoms with van der Waals surface area (Å²) in [6.07, 6.45) is 3.64. The van der Waals surface area contributed by atoms with E-state index in [1.807, 2.05) is 12.3 Å². The quantitative estimate of drug-likeness (QED) is 0.730. The molecule has 0 bridgehead atoms. The molecule has 2 rings (SSSR count). The molecule has 2 aromatic rings. The molecule has 0 fully saturated rings. The van der Waals surface area contributed by atoms with Gasteiger partial charge in [-0.15, -0.1) is 0 Å². The van der Waals surface area contributed by atoms with Gasteiger partial charge in [-0.05, 0) is 12.3 Å². The molecular formula is C10H9FOS. The number of benzene rings is 1. The highest BCUT2D eigenvalue weighted by Crippen LogP contribution is 2.25. The third-order valence-electron chi connectivity index (χ3n) is 1.93. The maximum atomic E-state index is 13.1. The Morgan fingerprint density at radius 2 is 2.31 bits per heavy atom. The van der Waals surface area contributed by atoms with E-state index in [1.54, 1.807) is 24.1 Å². The lowest BCUT2D eigenvalue weighted by Gasteiger charge is -1.93. The van der Waals surface area contributed by atoms with Crippen LogP contribution in [0.3, 0.4) is 0 Å². The van der Waals surface area contributed by atoms with Gasteiger partial charge in [0.15, 0.2) is 11.4 Å². The molecule has 0 saturated heterocycles. The van der Waals surface area contributed by atoms with Crippen molar-refractivity contribution in [1.82, 2.24) is 0 Å². The lowest BCUT2D eigenvalue weighted by molar-refractivity contribution is 0.559. The summed E-state index contributed by atoms with van der Waals surface area (Å²) in [5.41, 5.74) is 1.42. The molecular weight excluding hydrogens is 187 g/mol. The maximum Gasteiger partial charge on any atom is 0.169 e. The van der Waals surface area contributed by atoms with Crippen LogP contribution in [0.5, 0.6) is 0 Å². The average Bonchev–Trinajstić information content (AvgIpc) is 2.51. The van der Waals surface area contributed by atoms with E-state index in [1.165, 1.54) is 6.07 Å². The van der Waals surface area contributed by atoms with Crippen molar-refractivity contribution in [2.45, 2.75) is 5.75 Å². The minimum Gasteiger partial charge on any atom is -0.461 e. The zero-order valence-electron chi connectivity index (χ0n) is 7.21. The molecule has 0 unspecified atom stereocenters.